The number of ketones is 1. The average Bonchev–Trinajstić information content (AvgIpc) is 2.45. The van der Waals surface area contributed by atoms with Crippen molar-refractivity contribution in [3.8, 4) is 0 Å². The molecular weight excluding hydrogens is 240 g/mol. The van der Waals surface area contributed by atoms with Crippen molar-refractivity contribution in [2.45, 2.75) is 56.7 Å². The summed E-state index contributed by atoms with van der Waals surface area (Å²) in [7, 11) is 0. The molecule has 0 saturated heterocycles. The predicted octanol–water partition coefficient (Wildman–Crippen LogP) is 2.42. The summed E-state index contributed by atoms with van der Waals surface area (Å²) in [6.07, 6.45) is 2.38. The highest BCUT2D eigenvalue weighted by Crippen LogP contribution is 2.29. The summed E-state index contributed by atoms with van der Waals surface area (Å²) in [5.41, 5.74) is 1.29. The number of hydrogen-bond acceptors (Lipinski definition) is 3. The zero-order chi connectivity index (χ0) is 13.7. The predicted molar refractivity (Wildman–Crippen MR) is 73.9 cm³/mol. The third-order valence-corrected chi connectivity index (χ3v) is 4.00. The van der Waals surface area contributed by atoms with Crippen LogP contribution in [0.15, 0.2) is 30.3 Å². The van der Waals surface area contributed by atoms with E-state index in [2.05, 4.69) is 12.1 Å². The Labute approximate surface area is 114 Å². The molecule has 0 radical (unpaired) electrons. The van der Waals surface area contributed by atoms with Crippen LogP contribution in [-0.2, 0) is 4.79 Å². The quantitative estimate of drug-likeness (QED) is 0.817. The molecule has 1 aliphatic rings. The molecule has 3 unspecified atom stereocenters. The van der Waals surface area contributed by atoms with Crippen LogP contribution in [-0.4, -0.2) is 28.2 Å². The molecule has 3 heteroatoms. The number of Topliss-reactive ketones (excluding diaryl/α,β-unsaturated/α-hetero) is 1. The van der Waals surface area contributed by atoms with Crippen LogP contribution in [0, 0.1) is 0 Å². The van der Waals surface area contributed by atoms with Crippen molar-refractivity contribution in [3.63, 3.8) is 0 Å². The maximum atomic E-state index is 11.6. The maximum absolute atomic E-state index is 11.6. The topological polar surface area (TPSA) is 57.5 Å². The summed E-state index contributed by atoms with van der Waals surface area (Å²) >= 11 is 0. The summed E-state index contributed by atoms with van der Waals surface area (Å²) < 4.78 is 0. The van der Waals surface area contributed by atoms with E-state index in [-0.39, 0.29) is 5.78 Å². The lowest BCUT2D eigenvalue weighted by molar-refractivity contribution is -0.133. The van der Waals surface area contributed by atoms with Crippen molar-refractivity contribution in [2.24, 2.45) is 0 Å². The average molecular weight is 262 g/mol. The molecule has 1 aromatic carbocycles. The molecule has 1 fully saturated rings. The molecule has 2 N–H and O–H groups in total. The Balaban J connectivity index is 2.05. The largest absolute Gasteiger partial charge is 0.390 e. The highest BCUT2D eigenvalue weighted by molar-refractivity contribution is 5.83. The lowest BCUT2D eigenvalue weighted by Gasteiger charge is -2.23. The first kappa shape index (κ1) is 14.2. The Kier molecular flexibility index (Phi) is 5.11. The van der Waals surface area contributed by atoms with E-state index in [0.29, 0.717) is 18.8 Å². The number of benzene rings is 1. The summed E-state index contributed by atoms with van der Waals surface area (Å²) in [5.74, 6) is 0.196. The van der Waals surface area contributed by atoms with E-state index in [1.165, 1.54) is 5.56 Å². The van der Waals surface area contributed by atoms with Crippen molar-refractivity contribution < 1.29 is 15.0 Å². The Morgan fingerprint density at radius 1 is 0.947 bits per heavy atom. The minimum Gasteiger partial charge on any atom is -0.390 e. The third kappa shape index (κ3) is 3.88. The third-order valence-electron chi connectivity index (χ3n) is 4.00. The van der Waals surface area contributed by atoms with Gasteiger partial charge in [0.05, 0.1) is 6.10 Å². The fraction of sp³-hybridized carbons (Fsp3) is 0.562. The molecule has 3 nitrogen and oxygen atoms in total. The second-order valence-corrected chi connectivity index (χ2v) is 5.41. The fourth-order valence-corrected chi connectivity index (χ4v) is 2.79. The van der Waals surface area contributed by atoms with Crippen LogP contribution < -0.4 is 0 Å². The molecule has 0 aliphatic heterocycles. The van der Waals surface area contributed by atoms with Gasteiger partial charge in [-0.1, -0.05) is 36.8 Å². The van der Waals surface area contributed by atoms with Gasteiger partial charge < -0.3 is 10.2 Å². The van der Waals surface area contributed by atoms with E-state index in [4.69, 9.17) is 0 Å². The van der Waals surface area contributed by atoms with Crippen LogP contribution in [0.1, 0.15) is 50.0 Å². The normalized spacial score (nSPS) is 30.0. The molecule has 0 bridgehead atoms. The van der Waals surface area contributed by atoms with E-state index < -0.39 is 12.2 Å². The summed E-state index contributed by atoms with van der Waals surface area (Å²) in [4.78, 5) is 11.6. The van der Waals surface area contributed by atoms with Crippen LogP contribution in [0.3, 0.4) is 0 Å². The zero-order valence-electron chi connectivity index (χ0n) is 11.2. The van der Waals surface area contributed by atoms with Crippen molar-refractivity contribution in [2.75, 3.05) is 0 Å². The molecular formula is C16H22O3. The number of rotatable bonds is 1. The molecule has 3 atom stereocenters. The second-order valence-electron chi connectivity index (χ2n) is 5.41. The van der Waals surface area contributed by atoms with Crippen LogP contribution in [0.5, 0.6) is 0 Å². The van der Waals surface area contributed by atoms with Gasteiger partial charge in [0.25, 0.3) is 0 Å². The van der Waals surface area contributed by atoms with E-state index in [1.54, 1.807) is 0 Å². The van der Waals surface area contributed by atoms with Gasteiger partial charge in [0.1, 0.15) is 6.10 Å². The van der Waals surface area contributed by atoms with Gasteiger partial charge in [0.2, 0.25) is 0 Å². The van der Waals surface area contributed by atoms with Crippen LogP contribution in [0.25, 0.3) is 0 Å². The number of carbonyl (C=O) groups is 1. The molecule has 0 heterocycles. The SMILES string of the molecule is O=C1CCCCC(c2ccccc2)CCC(O)C1O. The summed E-state index contributed by atoms with van der Waals surface area (Å²) in [6.45, 7) is 0. The van der Waals surface area contributed by atoms with E-state index in [1.807, 2.05) is 18.2 Å². The molecule has 0 aromatic heterocycles. The zero-order valence-corrected chi connectivity index (χ0v) is 11.2. The van der Waals surface area contributed by atoms with Gasteiger partial charge in [-0.05, 0) is 37.2 Å². The van der Waals surface area contributed by atoms with Gasteiger partial charge in [0.15, 0.2) is 5.78 Å². The summed E-state index contributed by atoms with van der Waals surface area (Å²) in [6, 6.07) is 10.3. The van der Waals surface area contributed by atoms with Crippen molar-refractivity contribution in [1.82, 2.24) is 0 Å². The molecule has 0 spiro atoms. The van der Waals surface area contributed by atoms with Gasteiger partial charge in [-0.3, -0.25) is 4.79 Å². The Morgan fingerprint density at radius 3 is 2.42 bits per heavy atom. The first-order valence-corrected chi connectivity index (χ1v) is 7.12. The van der Waals surface area contributed by atoms with E-state index >= 15 is 0 Å². The minimum absolute atomic E-state index is 0.217. The monoisotopic (exact) mass is 262 g/mol. The van der Waals surface area contributed by atoms with Crippen LogP contribution in [0.4, 0.5) is 0 Å². The van der Waals surface area contributed by atoms with Crippen LogP contribution in [0.2, 0.25) is 0 Å². The van der Waals surface area contributed by atoms with Gasteiger partial charge >= 0.3 is 0 Å². The smallest absolute Gasteiger partial charge is 0.163 e. The molecule has 0 amide bonds. The maximum Gasteiger partial charge on any atom is 0.163 e. The lowest BCUT2D eigenvalue weighted by atomic mass is 9.85. The fourth-order valence-electron chi connectivity index (χ4n) is 2.79. The van der Waals surface area contributed by atoms with Crippen LogP contribution >= 0.6 is 0 Å². The standard InChI is InChI=1S/C16H22O3/c17-14-9-5-4-8-13(10-11-15(18)16(14)19)12-6-2-1-3-7-12/h1-3,6-7,13,15-16,18-19H,4-5,8-11H2. The Morgan fingerprint density at radius 2 is 1.68 bits per heavy atom. The highest BCUT2D eigenvalue weighted by atomic mass is 16.3. The summed E-state index contributed by atoms with van der Waals surface area (Å²) in [5, 5.41) is 19.6. The number of aliphatic hydroxyl groups excluding tert-OH is 2. The Bertz CT molecular complexity index is 402. The first-order valence-electron chi connectivity index (χ1n) is 7.12. The number of carbonyl (C=O) groups excluding carboxylic acids is 1. The minimum atomic E-state index is -1.20. The molecule has 104 valence electrons. The van der Waals surface area contributed by atoms with Crippen molar-refractivity contribution in [3.05, 3.63) is 35.9 Å². The number of hydrogen-bond donors (Lipinski definition) is 2. The Hall–Kier alpha value is -1.19. The molecule has 1 saturated carbocycles. The molecule has 1 aromatic rings. The van der Waals surface area contributed by atoms with E-state index in [0.717, 1.165) is 25.7 Å². The van der Waals surface area contributed by atoms with Crippen molar-refractivity contribution in [1.29, 1.82) is 0 Å². The molecule has 2 rings (SSSR count). The van der Waals surface area contributed by atoms with Gasteiger partial charge in [0, 0.05) is 6.42 Å². The molecule has 1 aliphatic carbocycles. The van der Waals surface area contributed by atoms with Gasteiger partial charge in [-0.25, -0.2) is 0 Å². The number of aliphatic hydroxyl groups is 2. The second kappa shape index (κ2) is 6.83. The first-order chi connectivity index (χ1) is 9.18. The van der Waals surface area contributed by atoms with E-state index in [9.17, 15) is 15.0 Å². The van der Waals surface area contributed by atoms with Gasteiger partial charge in [-0.2, -0.15) is 0 Å². The highest BCUT2D eigenvalue weighted by Gasteiger charge is 2.26. The van der Waals surface area contributed by atoms with Gasteiger partial charge in [-0.15, -0.1) is 0 Å². The van der Waals surface area contributed by atoms with Crippen molar-refractivity contribution >= 4 is 5.78 Å². The molecule has 19 heavy (non-hydrogen) atoms. The lowest BCUT2D eigenvalue weighted by Crippen LogP contribution is -2.34.